The van der Waals surface area contributed by atoms with Crippen LogP contribution in [0.25, 0.3) is 0 Å². The van der Waals surface area contributed by atoms with Crippen molar-refractivity contribution in [2.75, 3.05) is 7.11 Å². The third-order valence-corrected chi connectivity index (χ3v) is 3.54. The molecule has 1 aliphatic heterocycles. The first-order chi connectivity index (χ1) is 8.22. The summed E-state index contributed by atoms with van der Waals surface area (Å²) in [5.74, 6) is -0.0408. The number of aliphatic imine (C=N–C) groups is 1. The number of halogens is 1. The third kappa shape index (κ3) is 2.85. The van der Waals surface area contributed by atoms with Gasteiger partial charge in [-0.05, 0) is 18.4 Å². The molecule has 17 heavy (non-hydrogen) atoms. The molecule has 4 heteroatoms. The van der Waals surface area contributed by atoms with E-state index in [1.807, 2.05) is 0 Å². The molecule has 0 saturated carbocycles. The van der Waals surface area contributed by atoms with Crippen molar-refractivity contribution in [2.45, 2.75) is 36.8 Å². The van der Waals surface area contributed by atoms with Crippen LogP contribution in [0.2, 0.25) is 0 Å². The molecule has 92 valence electrons. The zero-order valence-corrected chi connectivity index (χ0v) is 10.6. The lowest BCUT2D eigenvalue weighted by Crippen LogP contribution is -2.42. The van der Waals surface area contributed by atoms with Crippen LogP contribution in [-0.4, -0.2) is 36.6 Å². The van der Waals surface area contributed by atoms with Gasteiger partial charge in [0.15, 0.2) is 5.78 Å². The summed E-state index contributed by atoms with van der Waals surface area (Å²) >= 11 is 6.04. The number of Topliss-reactive ketones (excluding diaryl/α,β-unsaturated/α-hetero) is 1. The number of hydrogen-bond acceptors (Lipinski definition) is 3. The second kappa shape index (κ2) is 5.61. The fourth-order valence-electron chi connectivity index (χ4n) is 2.06. The van der Waals surface area contributed by atoms with Crippen molar-refractivity contribution in [2.24, 2.45) is 4.99 Å². The molecule has 3 atom stereocenters. The van der Waals surface area contributed by atoms with Crippen LogP contribution in [0.3, 0.4) is 0 Å². The topological polar surface area (TPSA) is 38.7 Å². The maximum absolute atomic E-state index is 12.0. The van der Waals surface area contributed by atoms with Gasteiger partial charge in [0.2, 0.25) is 0 Å². The minimum Gasteiger partial charge on any atom is -0.374 e. The number of allylic oxidation sites excluding steroid dienone is 3. The molecule has 0 bridgehead atoms. The molecule has 0 spiro atoms. The molecule has 2 aliphatic rings. The standard InChI is InChI=1S/C13H16ClNO2/c1-17-11-8-15-10(13(16)12(11)14)7-9-5-3-2-4-6-9/h3,5-6,8,10-12H,2,4,7H2,1H3/t10?,11?,12-/m0/s1. The summed E-state index contributed by atoms with van der Waals surface area (Å²) in [7, 11) is 1.53. The van der Waals surface area contributed by atoms with E-state index in [0.717, 1.165) is 12.8 Å². The summed E-state index contributed by atoms with van der Waals surface area (Å²) in [6, 6.07) is -0.349. The molecule has 0 aromatic carbocycles. The summed E-state index contributed by atoms with van der Waals surface area (Å²) in [4.78, 5) is 16.2. The Morgan fingerprint density at radius 3 is 3.00 bits per heavy atom. The first-order valence-electron chi connectivity index (χ1n) is 5.82. The Morgan fingerprint density at radius 1 is 1.53 bits per heavy atom. The Kier molecular flexibility index (Phi) is 4.13. The quantitative estimate of drug-likeness (QED) is 0.724. The minimum atomic E-state index is -0.615. The highest BCUT2D eigenvalue weighted by Gasteiger charge is 2.34. The SMILES string of the molecule is COC1C=NC(CC2=CCCC=C2)C(=O)[C@H]1Cl. The van der Waals surface area contributed by atoms with Crippen LogP contribution in [0.1, 0.15) is 19.3 Å². The summed E-state index contributed by atoms with van der Waals surface area (Å²) in [5.41, 5.74) is 1.17. The van der Waals surface area contributed by atoms with Gasteiger partial charge in [-0.15, -0.1) is 11.6 Å². The number of ketones is 1. The molecule has 2 unspecified atom stereocenters. The van der Waals surface area contributed by atoms with E-state index in [-0.39, 0.29) is 11.8 Å². The predicted octanol–water partition coefficient (Wildman–Crippen LogP) is 2.30. The van der Waals surface area contributed by atoms with Gasteiger partial charge in [0.25, 0.3) is 0 Å². The molecule has 1 heterocycles. The van der Waals surface area contributed by atoms with E-state index >= 15 is 0 Å². The molecule has 0 radical (unpaired) electrons. The molecule has 2 rings (SSSR count). The zero-order chi connectivity index (χ0) is 12.3. The first-order valence-corrected chi connectivity index (χ1v) is 6.25. The van der Waals surface area contributed by atoms with Gasteiger partial charge >= 0.3 is 0 Å². The van der Waals surface area contributed by atoms with E-state index in [0.29, 0.717) is 6.42 Å². The van der Waals surface area contributed by atoms with Crippen molar-refractivity contribution in [1.82, 2.24) is 0 Å². The normalized spacial score (nSPS) is 32.7. The number of hydrogen-bond donors (Lipinski definition) is 0. The molecule has 3 nitrogen and oxygen atoms in total. The van der Waals surface area contributed by atoms with Crippen molar-refractivity contribution < 1.29 is 9.53 Å². The van der Waals surface area contributed by atoms with Crippen molar-refractivity contribution >= 4 is 23.6 Å². The Balaban J connectivity index is 2.05. The van der Waals surface area contributed by atoms with Gasteiger partial charge in [-0.1, -0.05) is 18.2 Å². The lowest BCUT2D eigenvalue weighted by atomic mass is 9.94. The Bertz CT molecular complexity index is 387. The average Bonchev–Trinajstić information content (AvgIpc) is 2.37. The maximum Gasteiger partial charge on any atom is 0.178 e. The number of methoxy groups -OCH3 is 1. The minimum absolute atomic E-state index is 0.0408. The van der Waals surface area contributed by atoms with Gasteiger partial charge in [-0.3, -0.25) is 9.79 Å². The van der Waals surface area contributed by atoms with Gasteiger partial charge in [-0.2, -0.15) is 0 Å². The van der Waals surface area contributed by atoms with E-state index in [1.165, 1.54) is 12.7 Å². The van der Waals surface area contributed by atoms with E-state index in [4.69, 9.17) is 16.3 Å². The predicted molar refractivity (Wildman–Crippen MR) is 68.8 cm³/mol. The van der Waals surface area contributed by atoms with Gasteiger partial charge in [0.05, 0.1) is 0 Å². The van der Waals surface area contributed by atoms with Crippen molar-refractivity contribution in [3.8, 4) is 0 Å². The summed E-state index contributed by atoms with van der Waals surface area (Å²) < 4.78 is 5.08. The molecular weight excluding hydrogens is 238 g/mol. The average molecular weight is 254 g/mol. The van der Waals surface area contributed by atoms with Crippen LogP contribution < -0.4 is 0 Å². The van der Waals surface area contributed by atoms with Gasteiger partial charge in [-0.25, -0.2) is 0 Å². The second-order valence-electron chi connectivity index (χ2n) is 4.28. The fourth-order valence-corrected chi connectivity index (χ4v) is 2.37. The fraction of sp³-hybridized carbons (Fsp3) is 0.538. The van der Waals surface area contributed by atoms with E-state index in [2.05, 4.69) is 23.2 Å². The number of rotatable bonds is 3. The molecular formula is C13H16ClNO2. The number of ether oxygens (including phenoxy) is 1. The van der Waals surface area contributed by atoms with Crippen molar-refractivity contribution in [3.63, 3.8) is 0 Å². The summed E-state index contributed by atoms with van der Waals surface area (Å²) in [5, 5.41) is -0.615. The highest BCUT2D eigenvalue weighted by Crippen LogP contribution is 2.22. The lowest BCUT2D eigenvalue weighted by Gasteiger charge is -2.25. The zero-order valence-electron chi connectivity index (χ0n) is 9.80. The third-order valence-electron chi connectivity index (χ3n) is 3.07. The number of alkyl halides is 1. The smallest absolute Gasteiger partial charge is 0.178 e. The molecule has 1 aliphatic carbocycles. The summed E-state index contributed by atoms with van der Waals surface area (Å²) in [6.07, 6.45) is 10.4. The van der Waals surface area contributed by atoms with E-state index in [9.17, 15) is 4.79 Å². The molecule has 0 amide bonds. The van der Waals surface area contributed by atoms with Crippen molar-refractivity contribution in [1.29, 1.82) is 0 Å². The maximum atomic E-state index is 12.0. The lowest BCUT2D eigenvalue weighted by molar-refractivity contribution is -0.121. The van der Waals surface area contributed by atoms with Crippen LogP contribution in [0.4, 0.5) is 0 Å². The van der Waals surface area contributed by atoms with Crippen LogP contribution in [-0.2, 0) is 9.53 Å². The second-order valence-corrected chi connectivity index (χ2v) is 4.75. The Labute approximate surface area is 106 Å². The largest absolute Gasteiger partial charge is 0.374 e. The van der Waals surface area contributed by atoms with Crippen LogP contribution in [0.5, 0.6) is 0 Å². The molecule has 0 fully saturated rings. The van der Waals surface area contributed by atoms with Crippen molar-refractivity contribution in [3.05, 3.63) is 23.8 Å². The number of carbonyl (C=O) groups is 1. The van der Waals surface area contributed by atoms with Crippen LogP contribution in [0, 0.1) is 0 Å². The molecule has 0 aromatic heterocycles. The number of nitrogens with zero attached hydrogens (tertiary/aromatic N) is 1. The Hall–Kier alpha value is -0.930. The van der Waals surface area contributed by atoms with Gasteiger partial charge in [0, 0.05) is 19.7 Å². The Morgan fingerprint density at radius 2 is 2.35 bits per heavy atom. The van der Waals surface area contributed by atoms with Crippen LogP contribution >= 0.6 is 11.6 Å². The summed E-state index contributed by atoms with van der Waals surface area (Å²) in [6.45, 7) is 0. The molecule has 0 N–H and O–H groups in total. The van der Waals surface area contributed by atoms with E-state index in [1.54, 1.807) is 6.21 Å². The highest BCUT2D eigenvalue weighted by molar-refractivity contribution is 6.34. The monoisotopic (exact) mass is 253 g/mol. The van der Waals surface area contributed by atoms with Crippen LogP contribution in [0.15, 0.2) is 28.8 Å². The number of carbonyl (C=O) groups excluding carboxylic acids is 1. The van der Waals surface area contributed by atoms with E-state index < -0.39 is 11.5 Å². The van der Waals surface area contributed by atoms with Gasteiger partial charge in [0.1, 0.15) is 17.5 Å². The first kappa shape index (κ1) is 12.5. The molecule has 0 aromatic rings. The molecule has 0 saturated heterocycles. The van der Waals surface area contributed by atoms with Gasteiger partial charge < -0.3 is 4.74 Å². The highest BCUT2D eigenvalue weighted by atomic mass is 35.5.